The van der Waals surface area contributed by atoms with E-state index in [0.29, 0.717) is 11.0 Å². The molecular formula is C13H16F2N4. The molecule has 0 aliphatic carbocycles. The summed E-state index contributed by atoms with van der Waals surface area (Å²) in [5, 5.41) is 3.40. The molecule has 2 heterocycles. The fourth-order valence-electron chi connectivity index (χ4n) is 2.47. The van der Waals surface area contributed by atoms with E-state index in [1.165, 1.54) is 0 Å². The van der Waals surface area contributed by atoms with Crippen molar-refractivity contribution in [3.05, 3.63) is 29.6 Å². The molecule has 0 amide bonds. The normalized spacial score (nSPS) is 21.7. The molecule has 0 spiro atoms. The lowest BCUT2D eigenvalue weighted by Gasteiger charge is -2.18. The summed E-state index contributed by atoms with van der Waals surface area (Å²) in [6.07, 6.45) is 1.08. The van der Waals surface area contributed by atoms with Crippen LogP contribution in [0.15, 0.2) is 12.1 Å². The van der Waals surface area contributed by atoms with Crippen molar-refractivity contribution in [2.45, 2.75) is 12.5 Å². The highest BCUT2D eigenvalue weighted by Gasteiger charge is 2.20. The molecule has 19 heavy (non-hydrogen) atoms. The molecule has 0 radical (unpaired) electrons. The van der Waals surface area contributed by atoms with E-state index < -0.39 is 11.6 Å². The van der Waals surface area contributed by atoms with Gasteiger partial charge in [0.05, 0.1) is 17.1 Å². The molecule has 2 aromatic rings. The van der Waals surface area contributed by atoms with Gasteiger partial charge in [-0.1, -0.05) is 0 Å². The SMILES string of the molecule is CN1CCCNC(c2nc3cc(F)c(F)cc3[nH]2)C1. The third-order valence-electron chi connectivity index (χ3n) is 3.47. The summed E-state index contributed by atoms with van der Waals surface area (Å²) < 4.78 is 26.4. The summed E-state index contributed by atoms with van der Waals surface area (Å²) in [5.41, 5.74) is 0.991. The number of imidazole rings is 1. The van der Waals surface area contributed by atoms with Gasteiger partial charge >= 0.3 is 0 Å². The van der Waals surface area contributed by atoms with Gasteiger partial charge in [0, 0.05) is 18.7 Å². The van der Waals surface area contributed by atoms with Crippen LogP contribution in [0.3, 0.4) is 0 Å². The first kappa shape index (κ1) is 12.5. The van der Waals surface area contributed by atoms with Gasteiger partial charge in [-0.25, -0.2) is 13.8 Å². The number of hydrogen-bond acceptors (Lipinski definition) is 3. The molecule has 4 nitrogen and oxygen atoms in total. The molecule has 102 valence electrons. The predicted octanol–water partition coefficient (Wildman–Crippen LogP) is 1.81. The molecule has 1 aliphatic rings. The van der Waals surface area contributed by atoms with Crippen LogP contribution in [-0.4, -0.2) is 41.5 Å². The van der Waals surface area contributed by atoms with E-state index in [9.17, 15) is 8.78 Å². The van der Waals surface area contributed by atoms with Crippen LogP contribution in [0.1, 0.15) is 18.3 Å². The molecule has 1 aliphatic heterocycles. The molecule has 2 N–H and O–H groups in total. The Balaban J connectivity index is 1.96. The maximum atomic E-state index is 13.2. The highest BCUT2D eigenvalue weighted by molar-refractivity contribution is 5.75. The highest BCUT2D eigenvalue weighted by Crippen LogP contribution is 2.20. The van der Waals surface area contributed by atoms with Crippen molar-refractivity contribution in [1.82, 2.24) is 20.2 Å². The summed E-state index contributed by atoms with van der Waals surface area (Å²) in [5.74, 6) is -0.987. The number of nitrogens with one attached hydrogen (secondary N) is 2. The van der Waals surface area contributed by atoms with Gasteiger partial charge in [-0.15, -0.1) is 0 Å². The van der Waals surface area contributed by atoms with Crippen molar-refractivity contribution >= 4 is 11.0 Å². The average molecular weight is 266 g/mol. The van der Waals surface area contributed by atoms with Crippen molar-refractivity contribution < 1.29 is 8.78 Å². The summed E-state index contributed by atoms with van der Waals surface area (Å²) in [6, 6.07) is 2.35. The Labute approximate surface area is 109 Å². The maximum absolute atomic E-state index is 13.2. The second-order valence-corrected chi connectivity index (χ2v) is 5.03. The Kier molecular flexibility index (Phi) is 3.20. The number of aromatic nitrogens is 2. The molecule has 1 saturated heterocycles. The third-order valence-corrected chi connectivity index (χ3v) is 3.47. The number of fused-ring (bicyclic) bond motifs is 1. The van der Waals surface area contributed by atoms with Crippen molar-refractivity contribution in [2.24, 2.45) is 0 Å². The van der Waals surface area contributed by atoms with Crippen LogP contribution in [-0.2, 0) is 0 Å². The van der Waals surface area contributed by atoms with Gasteiger partial charge in [-0.2, -0.15) is 0 Å². The lowest BCUT2D eigenvalue weighted by atomic mass is 10.2. The van der Waals surface area contributed by atoms with Gasteiger partial charge in [-0.05, 0) is 26.6 Å². The first-order valence-corrected chi connectivity index (χ1v) is 6.40. The lowest BCUT2D eigenvalue weighted by Crippen LogP contribution is -2.29. The largest absolute Gasteiger partial charge is 0.341 e. The van der Waals surface area contributed by atoms with Crippen molar-refractivity contribution in [1.29, 1.82) is 0 Å². The topological polar surface area (TPSA) is 44.0 Å². The fraction of sp³-hybridized carbons (Fsp3) is 0.462. The van der Waals surface area contributed by atoms with Gasteiger partial charge in [0.25, 0.3) is 0 Å². The first-order valence-electron chi connectivity index (χ1n) is 6.40. The summed E-state index contributed by atoms with van der Waals surface area (Å²) in [6.45, 7) is 2.77. The van der Waals surface area contributed by atoms with E-state index >= 15 is 0 Å². The molecule has 3 rings (SSSR count). The standard InChI is InChI=1S/C13H16F2N4/c1-19-4-2-3-16-12(7-19)13-17-10-5-8(14)9(15)6-11(10)18-13/h5-6,12,16H,2-4,7H2,1H3,(H,17,18). The van der Waals surface area contributed by atoms with E-state index in [2.05, 4.69) is 27.2 Å². The molecule has 1 atom stereocenters. The Morgan fingerprint density at radius 1 is 1.32 bits per heavy atom. The number of aromatic amines is 1. The molecule has 1 fully saturated rings. The van der Waals surface area contributed by atoms with E-state index in [1.54, 1.807) is 0 Å². The van der Waals surface area contributed by atoms with Crippen LogP contribution in [0.4, 0.5) is 8.78 Å². The van der Waals surface area contributed by atoms with Gasteiger partial charge in [0.15, 0.2) is 11.6 Å². The second-order valence-electron chi connectivity index (χ2n) is 5.03. The fourth-order valence-corrected chi connectivity index (χ4v) is 2.47. The van der Waals surface area contributed by atoms with E-state index in [0.717, 1.165) is 44.0 Å². The zero-order chi connectivity index (χ0) is 13.4. The van der Waals surface area contributed by atoms with E-state index in [-0.39, 0.29) is 6.04 Å². The first-order chi connectivity index (χ1) is 9.13. The van der Waals surface area contributed by atoms with Gasteiger partial charge in [0.1, 0.15) is 5.82 Å². The zero-order valence-electron chi connectivity index (χ0n) is 10.7. The van der Waals surface area contributed by atoms with Crippen LogP contribution in [0.25, 0.3) is 11.0 Å². The van der Waals surface area contributed by atoms with Gasteiger partial charge < -0.3 is 15.2 Å². The Morgan fingerprint density at radius 3 is 2.95 bits per heavy atom. The molecule has 1 unspecified atom stereocenters. The molecule has 1 aromatic carbocycles. The molecule has 0 bridgehead atoms. The summed E-state index contributed by atoms with van der Waals surface area (Å²) in [7, 11) is 2.06. The molecule has 0 saturated carbocycles. The monoisotopic (exact) mass is 266 g/mol. The van der Waals surface area contributed by atoms with Crippen LogP contribution >= 0.6 is 0 Å². The number of likely N-dealkylation sites (N-methyl/N-ethyl adjacent to an activating group) is 1. The maximum Gasteiger partial charge on any atom is 0.161 e. The van der Waals surface area contributed by atoms with Crippen LogP contribution in [0.2, 0.25) is 0 Å². The number of nitrogens with zero attached hydrogens (tertiary/aromatic N) is 2. The number of hydrogen-bond donors (Lipinski definition) is 2. The van der Waals surface area contributed by atoms with Crippen molar-refractivity contribution in [2.75, 3.05) is 26.7 Å². The van der Waals surface area contributed by atoms with E-state index in [4.69, 9.17) is 0 Å². The quantitative estimate of drug-likeness (QED) is 0.827. The Morgan fingerprint density at radius 2 is 2.11 bits per heavy atom. The number of halogens is 2. The number of H-pyrrole nitrogens is 1. The molecule has 1 aromatic heterocycles. The highest BCUT2D eigenvalue weighted by atomic mass is 19.2. The minimum atomic E-state index is -0.864. The average Bonchev–Trinajstić information content (AvgIpc) is 2.63. The minimum Gasteiger partial charge on any atom is -0.341 e. The van der Waals surface area contributed by atoms with E-state index in [1.807, 2.05) is 0 Å². The van der Waals surface area contributed by atoms with Crippen LogP contribution in [0, 0.1) is 11.6 Å². The Hall–Kier alpha value is -1.53. The minimum absolute atomic E-state index is 0.0611. The van der Waals surface area contributed by atoms with Crippen LogP contribution in [0.5, 0.6) is 0 Å². The third kappa shape index (κ3) is 2.46. The summed E-state index contributed by atoms with van der Waals surface area (Å²) in [4.78, 5) is 9.66. The number of rotatable bonds is 1. The molecular weight excluding hydrogens is 250 g/mol. The van der Waals surface area contributed by atoms with Gasteiger partial charge in [-0.3, -0.25) is 0 Å². The molecule has 6 heteroatoms. The number of benzene rings is 1. The Bertz CT molecular complexity index is 557. The smallest absolute Gasteiger partial charge is 0.161 e. The predicted molar refractivity (Wildman–Crippen MR) is 68.9 cm³/mol. The zero-order valence-corrected chi connectivity index (χ0v) is 10.7. The lowest BCUT2D eigenvalue weighted by molar-refractivity contribution is 0.322. The van der Waals surface area contributed by atoms with Crippen LogP contribution < -0.4 is 5.32 Å². The van der Waals surface area contributed by atoms with Crippen molar-refractivity contribution in [3.8, 4) is 0 Å². The second kappa shape index (κ2) is 4.86. The van der Waals surface area contributed by atoms with Gasteiger partial charge in [0.2, 0.25) is 0 Å². The summed E-state index contributed by atoms with van der Waals surface area (Å²) >= 11 is 0. The van der Waals surface area contributed by atoms with Crippen molar-refractivity contribution in [3.63, 3.8) is 0 Å².